The van der Waals surface area contributed by atoms with Crippen molar-refractivity contribution in [2.24, 2.45) is 0 Å². The van der Waals surface area contributed by atoms with Gasteiger partial charge in [0.1, 0.15) is 0 Å². The number of rotatable bonds is 4. The Kier molecular flexibility index (Phi) is 35.3. The second kappa shape index (κ2) is 22.5. The second-order valence-electron chi connectivity index (χ2n) is 1.86. The van der Waals surface area contributed by atoms with Crippen LogP contribution in [0.4, 0.5) is 0 Å². The molecule has 0 unspecified atom stereocenters. The van der Waals surface area contributed by atoms with E-state index >= 15 is 0 Å². The normalized spacial score (nSPS) is 6.73. The van der Waals surface area contributed by atoms with Crippen LogP contribution in [-0.4, -0.2) is 0 Å². The molecule has 0 rings (SSSR count). The monoisotopic (exact) mass is 333 g/mol. The van der Waals surface area contributed by atoms with Crippen LogP contribution in [0, 0.1) is 13.8 Å². The maximum Gasteiger partial charge on any atom is 2.00 e. The van der Waals surface area contributed by atoms with Crippen molar-refractivity contribution in [2.75, 3.05) is 0 Å². The van der Waals surface area contributed by atoms with Gasteiger partial charge in [-0.3, -0.25) is 0 Å². The molecule has 68 valence electrons. The van der Waals surface area contributed by atoms with Crippen molar-refractivity contribution in [3.63, 3.8) is 0 Å². The molecular formula is C10H18Pt. The summed E-state index contributed by atoms with van der Waals surface area (Å²) in [6.07, 6.45) is 7.77. The van der Waals surface area contributed by atoms with Gasteiger partial charge in [-0.15, -0.1) is 13.2 Å². The second-order valence-corrected chi connectivity index (χ2v) is 1.86. The van der Waals surface area contributed by atoms with Crippen molar-refractivity contribution in [2.45, 2.75) is 25.7 Å². The van der Waals surface area contributed by atoms with Gasteiger partial charge in [0.2, 0.25) is 0 Å². The number of allylic oxidation sites excluding steroid dienone is 2. The first kappa shape index (κ1) is 17.3. The summed E-state index contributed by atoms with van der Waals surface area (Å²) < 4.78 is 0. The van der Waals surface area contributed by atoms with Crippen molar-refractivity contribution < 1.29 is 21.1 Å². The van der Waals surface area contributed by atoms with E-state index in [0.29, 0.717) is 0 Å². The van der Waals surface area contributed by atoms with E-state index in [1.807, 2.05) is 12.2 Å². The van der Waals surface area contributed by atoms with Crippen LogP contribution in [0.3, 0.4) is 0 Å². The minimum Gasteiger partial charge on any atom is -0.343 e. The number of hydrogen-bond donors (Lipinski definition) is 0. The summed E-state index contributed by atoms with van der Waals surface area (Å²) in [6.45, 7) is 14.2. The quantitative estimate of drug-likeness (QED) is 0.545. The van der Waals surface area contributed by atoms with Gasteiger partial charge < -0.3 is 13.8 Å². The van der Waals surface area contributed by atoms with Crippen molar-refractivity contribution in [1.82, 2.24) is 0 Å². The molecule has 0 aromatic rings. The van der Waals surface area contributed by atoms with Crippen LogP contribution < -0.4 is 0 Å². The molecule has 0 fully saturated rings. The summed E-state index contributed by atoms with van der Waals surface area (Å²) in [6, 6.07) is 0. The zero-order chi connectivity index (χ0) is 8.24. The molecule has 0 aliphatic carbocycles. The van der Waals surface area contributed by atoms with Crippen LogP contribution >= 0.6 is 0 Å². The van der Waals surface area contributed by atoms with E-state index in [1.165, 1.54) is 0 Å². The molecule has 0 radical (unpaired) electrons. The van der Waals surface area contributed by atoms with Crippen LogP contribution in [0.5, 0.6) is 0 Å². The minimum absolute atomic E-state index is 0. The first-order valence-electron chi connectivity index (χ1n) is 3.63. The SMILES string of the molecule is C=CCC[CH2-].C=CCC[CH2-].[Pt+2]. The van der Waals surface area contributed by atoms with Gasteiger partial charge in [0.15, 0.2) is 0 Å². The molecule has 0 aromatic carbocycles. The summed E-state index contributed by atoms with van der Waals surface area (Å²) >= 11 is 0. The summed E-state index contributed by atoms with van der Waals surface area (Å²) in [4.78, 5) is 0. The van der Waals surface area contributed by atoms with Crippen molar-refractivity contribution >= 4 is 0 Å². The van der Waals surface area contributed by atoms with E-state index in [-0.39, 0.29) is 21.1 Å². The molecule has 1 heteroatoms. The standard InChI is InChI=1S/2C5H9.Pt/c2*1-3-5-4-2;/h2*3H,1-2,4-5H2;/q2*-1;+2. The Bertz CT molecular complexity index is 57.3. The minimum atomic E-state index is 0. The van der Waals surface area contributed by atoms with Crippen molar-refractivity contribution in [1.29, 1.82) is 0 Å². The zero-order valence-corrected chi connectivity index (χ0v) is 9.40. The fourth-order valence-electron chi connectivity index (χ4n) is 0.289. The van der Waals surface area contributed by atoms with E-state index in [4.69, 9.17) is 0 Å². The molecule has 0 amide bonds. The molecule has 0 heterocycles. The Morgan fingerprint density at radius 1 is 0.909 bits per heavy atom. The van der Waals surface area contributed by atoms with Crippen LogP contribution in [0.2, 0.25) is 0 Å². The van der Waals surface area contributed by atoms with Gasteiger partial charge >= 0.3 is 21.1 Å². The summed E-state index contributed by atoms with van der Waals surface area (Å²) in [5, 5.41) is 0. The maximum atomic E-state index is 3.60. The summed E-state index contributed by atoms with van der Waals surface area (Å²) in [7, 11) is 0. The van der Waals surface area contributed by atoms with Gasteiger partial charge in [-0.2, -0.15) is 12.8 Å². The van der Waals surface area contributed by atoms with Crippen molar-refractivity contribution in [3.05, 3.63) is 39.2 Å². The third-order valence-electron chi connectivity index (χ3n) is 0.816. The molecule has 0 saturated carbocycles. The third-order valence-corrected chi connectivity index (χ3v) is 0.816. The third kappa shape index (κ3) is 39.0. The van der Waals surface area contributed by atoms with Gasteiger partial charge in [0.05, 0.1) is 0 Å². The summed E-state index contributed by atoms with van der Waals surface area (Å²) in [5.74, 6) is 0. The fourth-order valence-corrected chi connectivity index (χ4v) is 0.289. The zero-order valence-electron chi connectivity index (χ0n) is 7.13. The largest absolute Gasteiger partial charge is 2.00 e. The molecule has 0 spiro atoms. The fraction of sp³-hybridized carbons (Fsp3) is 0.400. The smallest absolute Gasteiger partial charge is 0.343 e. The van der Waals surface area contributed by atoms with Crippen LogP contribution in [0.15, 0.2) is 25.3 Å². The average Bonchev–Trinajstić information content (AvgIpc) is 1.93. The van der Waals surface area contributed by atoms with E-state index in [9.17, 15) is 0 Å². The van der Waals surface area contributed by atoms with Crippen molar-refractivity contribution in [3.8, 4) is 0 Å². The Hall–Kier alpha value is 0.168. The summed E-state index contributed by atoms with van der Waals surface area (Å²) in [5.41, 5.74) is 0. The topological polar surface area (TPSA) is 0 Å². The Morgan fingerprint density at radius 3 is 1.18 bits per heavy atom. The van der Waals surface area contributed by atoms with Gasteiger partial charge in [0, 0.05) is 0 Å². The van der Waals surface area contributed by atoms with E-state index in [1.54, 1.807) is 0 Å². The predicted octanol–water partition coefficient (Wildman–Crippen LogP) is 3.57. The molecule has 0 saturated heterocycles. The van der Waals surface area contributed by atoms with Crippen LogP contribution in [-0.2, 0) is 21.1 Å². The van der Waals surface area contributed by atoms with Crippen LogP contribution in [0.1, 0.15) is 25.7 Å². The molecule has 11 heavy (non-hydrogen) atoms. The molecule has 0 atom stereocenters. The van der Waals surface area contributed by atoms with Gasteiger partial charge in [0.25, 0.3) is 0 Å². The molecule has 0 nitrogen and oxygen atoms in total. The maximum absolute atomic E-state index is 3.60. The Balaban J connectivity index is -0.000000107. The van der Waals surface area contributed by atoms with Crippen LogP contribution in [0.25, 0.3) is 0 Å². The molecular weight excluding hydrogens is 315 g/mol. The first-order valence-corrected chi connectivity index (χ1v) is 3.63. The van der Waals surface area contributed by atoms with E-state index in [0.717, 1.165) is 25.7 Å². The first-order chi connectivity index (χ1) is 4.83. The Labute approximate surface area is 86.0 Å². The molecule has 0 bridgehead atoms. The van der Waals surface area contributed by atoms with E-state index in [2.05, 4.69) is 27.0 Å². The van der Waals surface area contributed by atoms with Gasteiger partial charge in [-0.05, 0) is 0 Å². The number of hydrogen-bond acceptors (Lipinski definition) is 0. The molecule has 0 aromatic heterocycles. The number of unbranched alkanes of at least 4 members (excludes halogenated alkanes) is 2. The van der Waals surface area contributed by atoms with Gasteiger partial charge in [-0.25, -0.2) is 0 Å². The molecule has 0 aliphatic heterocycles. The average molecular weight is 333 g/mol. The molecule has 0 N–H and O–H groups in total. The molecule has 0 aliphatic rings. The predicted molar refractivity (Wildman–Crippen MR) is 49.6 cm³/mol. The van der Waals surface area contributed by atoms with E-state index < -0.39 is 0 Å². The Morgan fingerprint density at radius 2 is 1.18 bits per heavy atom. The van der Waals surface area contributed by atoms with Gasteiger partial charge in [-0.1, -0.05) is 25.0 Å².